The summed E-state index contributed by atoms with van der Waals surface area (Å²) in [5.74, 6) is -0.00239. The van der Waals surface area contributed by atoms with Crippen molar-refractivity contribution >= 4 is 17.3 Å². The van der Waals surface area contributed by atoms with Gasteiger partial charge in [0.15, 0.2) is 0 Å². The molecule has 5 rings (SSSR count). The first kappa shape index (κ1) is 20.6. The average molecular weight is 427 g/mol. The van der Waals surface area contributed by atoms with Crippen LogP contribution in [0.5, 0.6) is 0 Å². The number of nitrogens with zero attached hydrogens (tertiary/aromatic N) is 3. The van der Waals surface area contributed by atoms with E-state index in [4.69, 9.17) is 0 Å². The lowest BCUT2D eigenvalue weighted by Crippen LogP contribution is -2.52. The van der Waals surface area contributed by atoms with Crippen LogP contribution in [0, 0.1) is 6.92 Å². The number of aryl methyl sites for hydroxylation is 1. The third kappa shape index (κ3) is 4.21. The van der Waals surface area contributed by atoms with E-state index in [0.29, 0.717) is 0 Å². The van der Waals surface area contributed by atoms with Gasteiger partial charge in [-0.25, -0.2) is 0 Å². The van der Waals surface area contributed by atoms with Crippen molar-refractivity contribution in [2.24, 2.45) is 0 Å². The van der Waals surface area contributed by atoms with Crippen LogP contribution in [-0.2, 0) is 0 Å². The van der Waals surface area contributed by atoms with Crippen LogP contribution in [0.15, 0.2) is 78.9 Å². The fourth-order valence-electron chi connectivity index (χ4n) is 4.72. The van der Waals surface area contributed by atoms with E-state index in [2.05, 4.69) is 69.4 Å². The molecule has 0 radical (unpaired) electrons. The van der Waals surface area contributed by atoms with Gasteiger partial charge in [-0.2, -0.15) is 0 Å². The zero-order valence-electron chi connectivity index (χ0n) is 18.6. The first-order chi connectivity index (χ1) is 15.7. The Morgan fingerprint density at radius 3 is 2.25 bits per heavy atom. The Morgan fingerprint density at radius 2 is 1.50 bits per heavy atom. The quantitative estimate of drug-likeness (QED) is 0.668. The van der Waals surface area contributed by atoms with Crippen LogP contribution in [-0.4, -0.2) is 50.1 Å². The highest BCUT2D eigenvalue weighted by atomic mass is 16.2. The molecule has 0 bridgehead atoms. The molecule has 0 saturated carbocycles. The summed E-state index contributed by atoms with van der Waals surface area (Å²) in [5.41, 5.74) is 5.49. The number of carbonyl (C=O) groups is 1. The Balaban J connectivity index is 1.28. The first-order valence-corrected chi connectivity index (χ1v) is 11.4. The summed E-state index contributed by atoms with van der Waals surface area (Å²) in [4.78, 5) is 20.1. The molecule has 2 heterocycles. The minimum atomic E-state index is -0.146. The van der Waals surface area contributed by atoms with E-state index in [-0.39, 0.29) is 12.1 Å². The molecule has 0 aromatic heterocycles. The highest BCUT2D eigenvalue weighted by Gasteiger charge is 2.31. The van der Waals surface area contributed by atoms with Gasteiger partial charge in [-0.1, -0.05) is 60.2 Å². The largest absolute Gasteiger partial charge is 0.369 e. The second-order valence-electron chi connectivity index (χ2n) is 8.66. The molecule has 1 fully saturated rings. The molecule has 1 atom stereocenters. The summed E-state index contributed by atoms with van der Waals surface area (Å²) >= 11 is 0. The second-order valence-corrected chi connectivity index (χ2v) is 8.66. The zero-order valence-corrected chi connectivity index (χ0v) is 18.6. The molecule has 3 aromatic rings. The van der Waals surface area contributed by atoms with Crippen LogP contribution in [0.3, 0.4) is 0 Å². The Bertz CT molecular complexity index is 1060. The Hall–Kier alpha value is -3.31. The lowest BCUT2D eigenvalue weighted by atomic mass is 10.0. The normalized spacial score (nSPS) is 18.9. The SMILES string of the molecule is Cc1ccc(N2CCN(CCN3c4ccccc4C(=O)NC3c3ccccc3)CC2)cc1. The molecule has 2 aliphatic heterocycles. The van der Waals surface area contributed by atoms with E-state index in [1.54, 1.807) is 0 Å². The van der Waals surface area contributed by atoms with Crippen LogP contribution >= 0.6 is 0 Å². The Kier molecular flexibility index (Phi) is 5.82. The van der Waals surface area contributed by atoms with Gasteiger partial charge in [-0.3, -0.25) is 9.69 Å². The van der Waals surface area contributed by atoms with Crippen LogP contribution < -0.4 is 15.1 Å². The first-order valence-electron chi connectivity index (χ1n) is 11.4. The number of para-hydroxylation sites is 1. The molecular weight excluding hydrogens is 396 g/mol. The van der Waals surface area contributed by atoms with E-state index in [1.165, 1.54) is 11.3 Å². The molecule has 0 aliphatic carbocycles. The van der Waals surface area contributed by atoms with Crippen molar-refractivity contribution < 1.29 is 4.79 Å². The van der Waals surface area contributed by atoms with Gasteiger partial charge in [-0.15, -0.1) is 0 Å². The molecule has 1 N–H and O–H groups in total. The standard InChI is InChI=1S/C27H30N4O/c1-21-11-13-23(14-12-21)30-18-15-29(16-19-30)17-20-31-25-10-6-5-9-24(25)27(32)28-26(31)22-7-3-2-4-8-22/h2-14,26H,15-20H2,1H3,(H,28,32). The fraction of sp³-hybridized carbons (Fsp3) is 0.296. The smallest absolute Gasteiger partial charge is 0.255 e. The molecule has 5 nitrogen and oxygen atoms in total. The van der Waals surface area contributed by atoms with E-state index < -0.39 is 0 Å². The van der Waals surface area contributed by atoms with Crippen LogP contribution in [0.1, 0.15) is 27.7 Å². The fourth-order valence-corrected chi connectivity index (χ4v) is 4.72. The number of amides is 1. The predicted octanol–water partition coefficient (Wildman–Crippen LogP) is 4.07. The van der Waals surface area contributed by atoms with Gasteiger partial charge in [0.25, 0.3) is 5.91 Å². The van der Waals surface area contributed by atoms with Crippen molar-refractivity contribution in [2.45, 2.75) is 13.1 Å². The van der Waals surface area contributed by atoms with Crippen molar-refractivity contribution in [3.05, 3.63) is 95.6 Å². The number of hydrogen-bond acceptors (Lipinski definition) is 4. The third-order valence-electron chi connectivity index (χ3n) is 6.58. The number of nitrogens with one attached hydrogen (secondary N) is 1. The van der Waals surface area contributed by atoms with Crippen LogP contribution in [0.4, 0.5) is 11.4 Å². The maximum absolute atomic E-state index is 12.8. The second kappa shape index (κ2) is 9.05. The van der Waals surface area contributed by atoms with E-state index in [9.17, 15) is 4.79 Å². The van der Waals surface area contributed by atoms with Gasteiger partial charge in [0, 0.05) is 45.0 Å². The maximum Gasteiger partial charge on any atom is 0.255 e. The minimum Gasteiger partial charge on any atom is -0.369 e. The van der Waals surface area contributed by atoms with Gasteiger partial charge in [0.05, 0.1) is 11.3 Å². The number of rotatable bonds is 5. The summed E-state index contributed by atoms with van der Waals surface area (Å²) in [6.45, 7) is 8.14. The van der Waals surface area contributed by atoms with Gasteiger partial charge in [0.1, 0.15) is 6.17 Å². The molecule has 2 aliphatic rings. The van der Waals surface area contributed by atoms with Crippen molar-refractivity contribution in [3.8, 4) is 0 Å². The monoisotopic (exact) mass is 426 g/mol. The molecule has 5 heteroatoms. The van der Waals surface area contributed by atoms with E-state index >= 15 is 0 Å². The van der Waals surface area contributed by atoms with Gasteiger partial charge < -0.3 is 15.1 Å². The number of piperazine rings is 1. The van der Waals surface area contributed by atoms with Crippen LogP contribution in [0.2, 0.25) is 0 Å². The number of fused-ring (bicyclic) bond motifs is 1. The lowest BCUT2D eigenvalue weighted by Gasteiger charge is -2.41. The summed E-state index contributed by atoms with van der Waals surface area (Å²) < 4.78 is 0. The number of benzene rings is 3. The average Bonchev–Trinajstić information content (AvgIpc) is 2.85. The molecule has 3 aromatic carbocycles. The van der Waals surface area contributed by atoms with Crippen LogP contribution in [0.25, 0.3) is 0 Å². The van der Waals surface area contributed by atoms with Crippen molar-refractivity contribution in [1.82, 2.24) is 10.2 Å². The summed E-state index contributed by atoms with van der Waals surface area (Å²) in [6.07, 6.45) is -0.146. The summed E-state index contributed by atoms with van der Waals surface area (Å²) in [7, 11) is 0. The summed E-state index contributed by atoms with van der Waals surface area (Å²) in [5, 5.41) is 3.22. The van der Waals surface area contributed by atoms with Gasteiger partial charge >= 0.3 is 0 Å². The molecular formula is C27H30N4O. The number of carbonyl (C=O) groups excluding carboxylic acids is 1. The molecule has 32 heavy (non-hydrogen) atoms. The predicted molar refractivity (Wildman–Crippen MR) is 130 cm³/mol. The minimum absolute atomic E-state index is 0.00239. The Labute approximate surface area is 190 Å². The topological polar surface area (TPSA) is 38.8 Å². The molecule has 0 spiro atoms. The molecule has 1 unspecified atom stereocenters. The number of anilines is 2. The number of hydrogen-bond donors (Lipinski definition) is 1. The van der Waals surface area contributed by atoms with E-state index in [0.717, 1.165) is 56.1 Å². The van der Waals surface area contributed by atoms with E-state index in [1.807, 2.05) is 36.4 Å². The Morgan fingerprint density at radius 1 is 0.812 bits per heavy atom. The van der Waals surface area contributed by atoms with Gasteiger partial charge in [0.2, 0.25) is 0 Å². The van der Waals surface area contributed by atoms with Crippen molar-refractivity contribution in [1.29, 1.82) is 0 Å². The lowest BCUT2D eigenvalue weighted by molar-refractivity contribution is 0.0925. The summed E-state index contributed by atoms with van der Waals surface area (Å²) in [6, 6.07) is 27.0. The van der Waals surface area contributed by atoms with Gasteiger partial charge in [-0.05, 0) is 36.8 Å². The third-order valence-corrected chi connectivity index (χ3v) is 6.58. The maximum atomic E-state index is 12.8. The van der Waals surface area contributed by atoms with Crippen molar-refractivity contribution in [3.63, 3.8) is 0 Å². The highest BCUT2D eigenvalue weighted by Crippen LogP contribution is 2.32. The molecule has 1 amide bonds. The zero-order chi connectivity index (χ0) is 21.9. The molecule has 164 valence electrons. The van der Waals surface area contributed by atoms with Crippen molar-refractivity contribution in [2.75, 3.05) is 49.1 Å². The highest BCUT2D eigenvalue weighted by molar-refractivity contribution is 6.02. The molecule has 1 saturated heterocycles.